The molecule has 0 bridgehead atoms. The molecular weight excluding hydrogens is 513 g/mol. The summed E-state index contributed by atoms with van der Waals surface area (Å²) in [5, 5.41) is 7.90. The highest BCUT2D eigenvalue weighted by atomic mass is 35.5. The van der Waals surface area contributed by atoms with E-state index in [0.717, 1.165) is 17.8 Å². The molecule has 2 aromatic carbocycles. The lowest BCUT2D eigenvalue weighted by atomic mass is 10.1. The summed E-state index contributed by atoms with van der Waals surface area (Å²) in [7, 11) is 0. The third kappa shape index (κ3) is 5.93. The van der Waals surface area contributed by atoms with Crippen molar-refractivity contribution in [1.82, 2.24) is 20.0 Å². The Bertz CT molecular complexity index is 1360. The molecule has 4 rings (SSSR count). The second-order valence-corrected chi connectivity index (χ2v) is 10.9. The van der Waals surface area contributed by atoms with Gasteiger partial charge in [-0.1, -0.05) is 23.7 Å². The average Bonchev–Trinajstić information content (AvgIpc) is 3.28. The molecule has 0 spiro atoms. The van der Waals surface area contributed by atoms with E-state index < -0.39 is 11.7 Å². The molecule has 0 saturated carbocycles. The normalized spacial score (nSPS) is 16.1. The molecule has 36 heavy (non-hydrogen) atoms. The van der Waals surface area contributed by atoms with E-state index >= 15 is 0 Å². The number of hydrogen-bond donors (Lipinski definition) is 1. The molecule has 190 valence electrons. The van der Waals surface area contributed by atoms with E-state index in [1.165, 1.54) is 21.7 Å². The minimum absolute atomic E-state index is 0.0101. The van der Waals surface area contributed by atoms with E-state index in [1.807, 2.05) is 20.8 Å². The monoisotopic (exact) mass is 536 g/mol. The highest BCUT2D eigenvalue weighted by molar-refractivity contribution is 8.18. The van der Waals surface area contributed by atoms with Gasteiger partial charge < -0.3 is 5.32 Å². The van der Waals surface area contributed by atoms with E-state index in [2.05, 4.69) is 10.4 Å². The number of fused-ring (bicyclic) bond motifs is 1. The molecule has 1 N–H and O–H groups in total. The van der Waals surface area contributed by atoms with E-state index in [1.54, 1.807) is 30.5 Å². The molecule has 1 aromatic heterocycles. The number of alkyl halides is 3. The Morgan fingerprint density at radius 3 is 2.56 bits per heavy atom. The quantitative estimate of drug-likeness (QED) is 0.381. The Hall–Kier alpha value is -2.82. The van der Waals surface area contributed by atoms with Gasteiger partial charge in [-0.25, -0.2) is 0 Å². The van der Waals surface area contributed by atoms with Crippen molar-refractivity contribution in [1.29, 1.82) is 0 Å². The molecule has 3 aromatic rings. The molecule has 0 aliphatic carbocycles. The third-order valence-electron chi connectivity index (χ3n) is 5.53. The van der Waals surface area contributed by atoms with Crippen LogP contribution >= 0.6 is 23.4 Å². The molecule has 2 amide bonds. The van der Waals surface area contributed by atoms with E-state index in [4.69, 9.17) is 11.6 Å². The van der Waals surface area contributed by atoms with Gasteiger partial charge in [0.15, 0.2) is 0 Å². The van der Waals surface area contributed by atoms with Crippen LogP contribution in [-0.4, -0.2) is 44.5 Å². The van der Waals surface area contributed by atoms with Gasteiger partial charge in [-0.05, 0) is 74.0 Å². The number of hydrogen-bond acceptors (Lipinski definition) is 5. The third-order valence-corrected chi connectivity index (χ3v) is 6.67. The van der Waals surface area contributed by atoms with Crippen molar-refractivity contribution >= 4 is 51.5 Å². The fourth-order valence-corrected chi connectivity index (χ4v) is 4.86. The number of imide groups is 1. The number of aromatic nitrogens is 2. The highest BCUT2D eigenvalue weighted by Crippen LogP contribution is 2.35. The SMILES string of the molecule is CC(C)(C)NCCN1C(=O)S/C(=C\c2ccc3c(cnn3Cc3ccc(Cl)cc3C(F)(F)F)c2)C1=O. The van der Waals surface area contributed by atoms with Crippen LogP contribution in [-0.2, 0) is 17.5 Å². The first-order valence-corrected chi connectivity index (χ1v) is 12.3. The van der Waals surface area contributed by atoms with Crippen molar-refractivity contribution < 1.29 is 22.8 Å². The molecule has 0 atom stereocenters. The van der Waals surface area contributed by atoms with Crippen LogP contribution in [0.5, 0.6) is 0 Å². The summed E-state index contributed by atoms with van der Waals surface area (Å²) >= 11 is 6.66. The van der Waals surface area contributed by atoms with Crippen molar-refractivity contribution in [2.24, 2.45) is 0 Å². The minimum Gasteiger partial charge on any atom is -0.310 e. The summed E-state index contributed by atoms with van der Waals surface area (Å²) in [4.78, 5) is 26.6. The van der Waals surface area contributed by atoms with Gasteiger partial charge in [-0.2, -0.15) is 18.3 Å². The number of nitrogens with zero attached hydrogens (tertiary/aromatic N) is 3. The number of halogens is 4. The molecule has 6 nitrogen and oxygen atoms in total. The van der Waals surface area contributed by atoms with E-state index in [-0.39, 0.29) is 40.4 Å². The lowest BCUT2D eigenvalue weighted by Crippen LogP contribution is -2.42. The Morgan fingerprint density at radius 2 is 1.86 bits per heavy atom. The van der Waals surface area contributed by atoms with Crippen LogP contribution in [0.2, 0.25) is 5.02 Å². The summed E-state index contributed by atoms with van der Waals surface area (Å²) in [5.41, 5.74) is 0.443. The lowest BCUT2D eigenvalue weighted by Gasteiger charge is -2.22. The van der Waals surface area contributed by atoms with Crippen molar-refractivity contribution in [3.63, 3.8) is 0 Å². The second kappa shape index (κ2) is 9.91. The topological polar surface area (TPSA) is 67.2 Å². The van der Waals surface area contributed by atoms with Crippen molar-refractivity contribution in [3.8, 4) is 0 Å². The molecule has 1 aliphatic heterocycles. The predicted octanol–water partition coefficient (Wildman–Crippen LogP) is 6.18. The molecule has 2 heterocycles. The zero-order valence-electron chi connectivity index (χ0n) is 19.8. The van der Waals surface area contributed by atoms with Gasteiger partial charge in [0.1, 0.15) is 0 Å². The maximum absolute atomic E-state index is 13.5. The van der Waals surface area contributed by atoms with Gasteiger partial charge in [-0.15, -0.1) is 0 Å². The molecule has 1 fully saturated rings. The predicted molar refractivity (Wildman–Crippen MR) is 136 cm³/mol. The number of rotatable bonds is 6. The zero-order valence-corrected chi connectivity index (χ0v) is 21.4. The number of amides is 2. The van der Waals surface area contributed by atoms with Crippen LogP contribution in [0.3, 0.4) is 0 Å². The Morgan fingerprint density at radius 1 is 1.11 bits per heavy atom. The summed E-state index contributed by atoms with van der Waals surface area (Å²) < 4.78 is 41.9. The Kier molecular flexibility index (Phi) is 7.23. The molecule has 11 heteroatoms. The van der Waals surface area contributed by atoms with Crippen LogP contribution in [0.4, 0.5) is 18.0 Å². The van der Waals surface area contributed by atoms with Crippen molar-refractivity contribution in [3.05, 3.63) is 69.2 Å². The lowest BCUT2D eigenvalue weighted by molar-refractivity contribution is -0.138. The number of thioether (sulfide) groups is 1. The molecule has 1 aliphatic rings. The average molecular weight is 537 g/mol. The summed E-state index contributed by atoms with van der Waals surface area (Å²) in [5.74, 6) is -0.348. The Labute approximate surface area is 215 Å². The number of carbonyl (C=O) groups is 2. The Balaban J connectivity index is 1.53. The van der Waals surface area contributed by atoms with Crippen LogP contribution in [0, 0.1) is 0 Å². The fraction of sp³-hybridized carbons (Fsp3) is 0.320. The van der Waals surface area contributed by atoms with E-state index in [9.17, 15) is 22.8 Å². The summed E-state index contributed by atoms with van der Waals surface area (Å²) in [6.07, 6.45) is -1.35. The fourth-order valence-electron chi connectivity index (χ4n) is 3.82. The summed E-state index contributed by atoms with van der Waals surface area (Å²) in [6, 6.07) is 8.92. The number of nitrogens with one attached hydrogen (secondary N) is 1. The van der Waals surface area contributed by atoms with Gasteiger partial charge in [0.25, 0.3) is 11.1 Å². The van der Waals surface area contributed by atoms with Crippen LogP contribution < -0.4 is 5.32 Å². The van der Waals surface area contributed by atoms with Gasteiger partial charge in [-0.3, -0.25) is 19.2 Å². The smallest absolute Gasteiger partial charge is 0.310 e. The van der Waals surface area contributed by atoms with Gasteiger partial charge in [0.05, 0.1) is 28.7 Å². The van der Waals surface area contributed by atoms with Crippen LogP contribution in [0.15, 0.2) is 47.5 Å². The largest absolute Gasteiger partial charge is 0.416 e. The zero-order chi connectivity index (χ0) is 26.3. The maximum atomic E-state index is 13.5. The first kappa shape index (κ1) is 26.2. The van der Waals surface area contributed by atoms with E-state index in [0.29, 0.717) is 27.9 Å². The van der Waals surface area contributed by atoms with Crippen molar-refractivity contribution in [2.75, 3.05) is 13.1 Å². The van der Waals surface area contributed by atoms with Gasteiger partial charge >= 0.3 is 6.18 Å². The van der Waals surface area contributed by atoms with Gasteiger partial charge in [0.2, 0.25) is 0 Å². The van der Waals surface area contributed by atoms with Crippen molar-refractivity contribution in [2.45, 2.75) is 39.0 Å². The maximum Gasteiger partial charge on any atom is 0.416 e. The first-order chi connectivity index (χ1) is 16.8. The highest BCUT2D eigenvalue weighted by Gasteiger charge is 2.35. The minimum atomic E-state index is -4.54. The standard InChI is InChI=1S/C25H24ClF3N4O2S/c1-24(2,3)30-8-9-32-22(34)21(36-23(32)35)11-15-4-7-20-17(10-15)13-31-33(20)14-16-5-6-18(26)12-19(16)25(27,28)29/h4-7,10-13,30H,8-9,14H2,1-3H3/b21-11-. The number of carbonyl (C=O) groups excluding carboxylic acids is 2. The molecule has 0 unspecified atom stereocenters. The molecule has 0 radical (unpaired) electrons. The second-order valence-electron chi connectivity index (χ2n) is 9.43. The summed E-state index contributed by atoms with van der Waals surface area (Å²) in [6.45, 7) is 6.69. The molecular formula is C25H24ClF3N4O2S. The van der Waals surface area contributed by atoms with Crippen LogP contribution in [0.25, 0.3) is 17.0 Å². The van der Waals surface area contributed by atoms with Crippen LogP contribution in [0.1, 0.15) is 37.5 Å². The molecule has 1 saturated heterocycles. The first-order valence-electron chi connectivity index (χ1n) is 11.1. The van der Waals surface area contributed by atoms with Gasteiger partial charge in [0, 0.05) is 29.0 Å². The number of benzene rings is 2.